The topological polar surface area (TPSA) is 35.2 Å². The van der Waals surface area contributed by atoms with Gasteiger partial charge in [0.1, 0.15) is 5.60 Å². The van der Waals surface area contributed by atoms with Crippen LogP contribution in [0.25, 0.3) is 0 Å². The second kappa shape index (κ2) is 2.65. The molecule has 0 amide bonds. The fraction of sp³-hybridized carbons (Fsp3) is 0.867. The van der Waals surface area contributed by atoms with Gasteiger partial charge in [0.25, 0.3) is 0 Å². The third-order valence-electron chi connectivity index (χ3n) is 6.64. The number of hydrogen-bond acceptors (Lipinski definition) is 2. The van der Waals surface area contributed by atoms with Crippen LogP contribution in [-0.2, 0) is 4.74 Å². The van der Waals surface area contributed by atoms with E-state index in [4.69, 9.17) is 10.5 Å². The summed E-state index contributed by atoms with van der Waals surface area (Å²) >= 11 is 0. The van der Waals surface area contributed by atoms with Gasteiger partial charge in [-0.2, -0.15) is 0 Å². The Labute approximate surface area is 104 Å². The number of hydrogen-bond donors (Lipinski definition) is 1. The molecule has 1 heterocycles. The molecule has 0 radical (unpaired) electrons. The highest BCUT2D eigenvalue weighted by Crippen LogP contribution is 2.70. The molecule has 3 aliphatic carbocycles. The van der Waals surface area contributed by atoms with Gasteiger partial charge < -0.3 is 10.5 Å². The molecule has 1 spiro atoms. The molecule has 4 aliphatic rings. The predicted octanol–water partition coefficient (Wildman–Crippen LogP) is 2.63. The molecule has 2 nitrogen and oxygen atoms in total. The van der Waals surface area contributed by atoms with Gasteiger partial charge in [-0.05, 0) is 56.4 Å². The Morgan fingerprint density at radius 3 is 2.88 bits per heavy atom. The summed E-state index contributed by atoms with van der Waals surface area (Å²) in [5.41, 5.74) is 8.39. The Morgan fingerprint density at radius 1 is 1.35 bits per heavy atom. The van der Waals surface area contributed by atoms with Crippen molar-refractivity contribution in [1.82, 2.24) is 0 Å². The normalized spacial score (nSPS) is 63.8. The third-order valence-corrected chi connectivity index (χ3v) is 6.64. The zero-order valence-electron chi connectivity index (χ0n) is 11.1. The van der Waals surface area contributed by atoms with E-state index in [1.165, 1.54) is 25.7 Å². The summed E-state index contributed by atoms with van der Waals surface area (Å²) in [6.45, 7) is 6.97. The maximum absolute atomic E-state index is 6.53. The van der Waals surface area contributed by atoms with Gasteiger partial charge in [0.2, 0.25) is 0 Å². The standard InChI is InChI=1S/C15H23NO/c1-9-4-5-11-14(3)12(16)10-8-15(9,11)7-6-13(10,2)17-14/h5,9-10,12H,4,6-8,16H2,1-3H3/t9?,10-,12+,13-,14-,15+/m1/s1. The molecule has 1 unspecified atom stereocenters. The minimum absolute atomic E-state index is 0.0459. The maximum Gasteiger partial charge on any atom is 0.103 e. The van der Waals surface area contributed by atoms with Crippen molar-refractivity contribution in [3.8, 4) is 0 Å². The first kappa shape index (κ1) is 10.6. The Balaban J connectivity index is 1.95. The van der Waals surface area contributed by atoms with Crippen LogP contribution in [0.2, 0.25) is 0 Å². The molecule has 2 saturated carbocycles. The second-order valence-electron chi connectivity index (χ2n) is 7.27. The monoisotopic (exact) mass is 233 g/mol. The van der Waals surface area contributed by atoms with E-state index < -0.39 is 0 Å². The number of allylic oxidation sites excluding steroid dienone is 1. The lowest BCUT2D eigenvalue weighted by Crippen LogP contribution is -2.58. The first-order valence-electron chi connectivity index (χ1n) is 7.09. The lowest BCUT2D eigenvalue weighted by atomic mass is 9.51. The van der Waals surface area contributed by atoms with E-state index in [0.29, 0.717) is 11.3 Å². The van der Waals surface area contributed by atoms with Crippen LogP contribution < -0.4 is 5.73 Å². The van der Waals surface area contributed by atoms with Gasteiger partial charge in [-0.3, -0.25) is 0 Å². The fourth-order valence-corrected chi connectivity index (χ4v) is 5.55. The summed E-state index contributed by atoms with van der Waals surface area (Å²) in [7, 11) is 0. The molecule has 0 aromatic heterocycles. The number of fused-ring (bicyclic) bond motifs is 2. The van der Waals surface area contributed by atoms with Crippen molar-refractivity contribution >= 4 is 0 Å². The molecule has 94 valence electrons. The van der Waals surface area contributed by atoms with E-state index in [9.17, 15) is 0 Å². The van der Waals surface area contributed by atoms with Gasteiger partial charge in [0.05, 0.1) is 5.60 Å². The minimum atomic E-state index is -0.168. The summed E-state index contributed by atoms with van der Waals surface area (Å²) in [6, 6.07) is 0.206. The Hall–Kier alpha value is -0.340. The van der Waals surface area contributed by atoms with Crippen LogP contribution in [-0.4, -0.2) is 17.2 Å². The predicted molar refractivity (Wildman–Crippen MR) is 67.5 cm³/mol. The van der Waals surface area contributed by atoms with Crippen LogP contribution in [0.1, 0.15) is 46.5 Å². The molecule has 3 fully saturated rings. The van der Waals surface area contributed by atoms with E-state index in [2.05, 4.69) is 26.8 Å². The van der Waals surface area contributed by atoms with Gasteiger partial charge in [0.15, 0.2) is 0 Å². The molecular formula is C15H23NO. The molecule has 0 aromatic carbocycles. The summed E-state index contributed by atoms with van der Waals surface area (Å²) in [6.07, 6.45) is 7.47. The Morgan fingerprint density at radius 2 is 2.12 bits per heavy atom. The van der Waals surface area contributed by atoms with E-state index >= 15 is 0 Å². The van der Waals surface area contributed by atoms with Gasteiger partial charge in [0, 0.05) is 12.0 Å². The van der Waals surface area contributed by atoms with Crippen LogP contribution in [0.4, 0.5) is 0 Å². The first-order valence-corrected chi connectivity index (χ1v) is 7.09. The molecule has 17 heavy (non-hydrogen) atoms. The van der Waals surface area contributed by atoms with Gasteiger partial charge in [-0.25, -0.2) is 0 Å². The van der Waals surface area contributed by atoms with E-state index in [0.717, 1.165) is 5.92 Å². The van der Waals surface area contributed by atoms with E-state index in [1.54, 1.807) is 5.57 Å². The number of ether oxygens (including phenoxy) is 1. The van der Waals surface area contributed by atoms with Crippen LogP contribution in [0.5, 0.6) is 0 Å². The van der Waals surface area contributed by atoms with Crippen molar-refractivity contribution in [3.63, 3.8) is 0 Å². The van der Waals surface area contributed by atoms with Crippen molar-refractivity contribution < 1.29 is 4.74 Å². The van der Waals surface area contributed by atoms with Crippen LogP contribution >= 0.6 is 0 Å². The molecular weight excluding hydrogens is 210 g/mol. The molecule has 1 saturated heterocycles. The van der Waals surface area contributed by atoms with Crippen molar-refractivity contribution in [1.29, 1.82) is 0 Å². The minimum Gasteiger partial charge on any atom is -0.363 e. The van der Waals surface area contributed by atoms with E-state index in [-0.39, 0.29) is 17.2 Å². The average Bonchev–Trinajstić information content (AvgIpc) is 2.62. The molecule has 3 bridgehead atoms. The third kappa shape index (κ3) is 0.910. The summed E-state index contributed by atoms with van der Waals surface area (Å²) in [5.74, 6) is 1.36. The molecule has 2 N–H and O–H groups in total. The van der Waals surface area contributed by atoms with Gasteiger partial charge in [-0.15, -0.1) is 0 Å². The largest absolute Gasteiger partial charge is 0.363 e. The van der Waals surface area contributed by atoms with Crippen LogP contribution in [0.15, 0.2) is 11.6 Å². The average molecular weight is 233 g/mol. The number of rotatable bonds is 0. The Bertz CT molecular complexity index is 431. The van der Waals surface area contributed by atoms with Crippen LogP contribution in [0, 0.1) is 17.3 Å². The highest BCUT2D eigenvalue weighted by molar-refractivity contribution is 5.41. The van der Waals surface area contributed by atoms with Gasteiger partial charge in [-0.1, -0.05) is 13.0 Å². The first-order chi connectivity index (χ1) is 7.92. The highest BCUT2D eigenvalue weighted by atomic mass is 16.5. The lowest BCUT2D eigenvalue weighted by molar-refractivity contribution is -0.0773. The number of nitrogens with two attached hydrogens (primary N) is 1. The SMILES string of the molecule is CC1CC=C2[C@]13CC[C@@]1(C)O[C@@]2(C)[C@@H](N)[C@H]1C3. The van der Waals surface area contributed by atoms with Crippen LogP contribution in [0.3, 0.4) is 0 Å². The summed E-state index contributed by atoms with van der Waals surface area (Å²) in [5, 5.41) is 0. The molecule has 0 aromatic rings. The molecule has 4 rings (SSSR count). The van der Waals surface area contributed by atoms with Crippen molar-refractivity contribution in [2.75, 3.05) is 0 Å². The summed E-state index contributed by atoms with van der Waals surface area (Å²) in [4.78, 5) is 0. The molecule has 2 heteroatoms. The van der Waals surface area contributed by atoms with E-state index in [1.807, 2.05) is 0 Å². The van der Waals surface area contributed by atoms with Crippen molar-refractivity contribution in [3.05, 3.63) is 11.6 Å². The van der Waals surface area contributed by atoms with Crippen molar-refractivity contribution in [2.45, 2.75) is 63.7 Å². The smallest absolute Gasteiger partial charge is 0.103 e. The highest BCUT2D eigenvalue weighted by Gasteiger charge is 2.70. The van der Waals surface area contributed by atoms with Gasteiger partial charge >= 0.3 is 0 Å². The maximum atomic E-state index is 6.53. The lowest BCUT2D eigenvalue weighted by Gasteiger charge is -2.52. The molecule has 6 atom stereocenters. The zero-order chi connectivity index (χ0) is 12.1. The molecule has 1 aliphatic heterocycles. The Kier molecular flexibility index (Phi) is 1.65. The zero-order valence-corrected chi connectivity index (χ0v) is 11.1. The second-order valence-corrected chi connectivity index (χ2v) is 7.27. The summed E-state index contributed by atoms with van der Waals surface area (Å²) < 4.78 is 6.53. The fourth-order valence-electron chi connectivity index (χ4n) is 5.55. The quantitative estimate of drug-likeness (QED) is 0.653. The van der Waals surface area contributed by atoms with Crippen molar-refractivity contribution in [2.24, 2.45) is 23.0 Å².